The normalized spacial score (nSPS) is 18.9. The van der Waals surface area contributed by atoms with Crippen molar-refractivity contribution in [2.75, 3.05) is 63.9 Å². The first-order chi connectivity index (χ1) is 27.3. The fourth-order valence-corrected chi connectivity index (χ4v) is 9.43. The van der Waals surface area contributed by atoms with Crippen LogP contribution in [-0.4, -0.2) is 112 Å². The zero-order valence-corrected chi connectivity index (χ0v) is 36.1. The number of hydrazone groups is 1. The Morgan fingerprint density at radius 3 is 2.30 bits per heavy atom. The molecule has 2 amide bonds. The topological polar surface area (TPSA) is 115 Å². The van der Waals surface area contributed by atoms with Gasteiger partial charge in [-0.3, -0.25) is 34.0 Å². The molecule has 2 aromatic carbocycles. The van der Waals surface area contributed by atoms with Gasteiger partial charge >= 0.3 is 0 Å². The number of piperazine rings is 1. The highest BCUT2D eigenvalue weighted by atomic mass is 35.5. The lowest BCUT2D eigenvalue weighted by Gasteiger charge is -2.38. The molecule has 2 fully saturated rings. The molecule has 0 aliphatic carbocycles. The van der Waals surface area contributed by atoms with Gasteiger partial charge in [0, 0.05) is 66.6 Å². The van der Waals surface area contributed by atoms with Crippen LogP contribution >= 0.6 is 46.1 Å². The summed E-state index contributed by atoms with van der Waals surface area (Å²) in [6.45, 7) is 18.1. The van der Waals surface area contributed by atoms with Crippen molar-refractivity contribution in [3.8, 4) is 5.00 Å². The average molecular weight is 852 g/mol. The molecule has 0 radical (unpaired) electrons. The summed E-state index contributed by atoms with van der Waals surface area (Å²) in [6.07, 6.45) is 2.20. The Hall–Kier alpha value is -3.85. The molecule has 1 N–H and O–H groups in total. The first-order valence-corrected chi connectivity index (χ1v) is 21.4. The van der Waals surface area contributed by atoms with Gasteiger partial charge in [0.25, 0.3) is 0 Å². The van der Waals surface area contributed by atoms with E-state index in [4.69, 9.17) is 39.8 Å². The second-order valence-electron chi connectivity index (χ2n) is 15.3. The predicted molar refractivity (Wildman–Crippen MR) is 231 cm³/mol. The van der Waals surface area contributed by atoms with Crippen molar-refractivity contribution in [1.29, 1.82) is 0 Å². The van der Waals surface area contributed by atoms with Crippen molar-refractivity contribution < 1.29 is 9.59 Å². The highest BCUT2D eigenvalue weighted by molar-refractivity contribution is 7.15. The van der Waals surface area contributed by atoms with E-state index >= 15 is 0 Å². The number of aryl methyl sites for hydroxylation is 2. The molecule has 2 aromatic heterocycles. The lowest BCUT2D eigenvalue weighted by atomic mass is 9.96. The second-order valence-corrected chi connectivity index (χ2v) is 17.7. The molecule has 1 atom stereocenters. The van der Waals surface area contributed by atoms with E-state index in [-0.39, 0.29) is 17.7 Å². The van der Waals surface area contributed by atoms with E-state index in [0.717, 1.165) is 97.3 Å². The van der Waals surface area contributed by atoms with Crippen LogP contribution in [0.2, 0.25) is 15.1 Å². The SMILES string of the molecule is CC(=O)N1CCN(CC2CCN(CC(=O)NC3=NN(c4ccc(Cl)c(Cl)c4)CC3C)CC2)CC1.Cc1sc2c(c1C)C(c1ccc(Cl)cc1)=NCc1nnc(C)n1-2. The molecular weight excluding hydrogens is 803 g/mol. The number of amides is 2. The van der Waals surface area contributed by atoms with E-state index < -0.39 is 0 Å². The van der Waals surface area contributed by atoms with Crippen molar-refractivity contribution in [2.24, 2.45) is 21.9 Å². The third-order valence-electron chi connectivity index (χ3n) is 11.2. The molecule has 4 aliphatic rings. The highest BCUT2D eigenvalue weighted by Gasteiger charge is 2.29. The molecule has 0 bridgehead atoms. The van der Waals surface area contributed by atoms with Gasteiger partial charge in [-0.05, 0) is 88.5 Å². The molecule has 8 rings (SSSR count). The van der Waals surface area contributed by atoms with Crippen LogP contribution in [0.4, 0.5) is 5.69 Å². The van der Waals surface area contributed by atoms with Crippen LogP contribution in [0.3, 0.4) is 0 Å². The zero-order valence-electron chi connectivity index (χ0n) is 33.1. The Morgan fingerprint density at radius 1 is 0.895 bits per heavy atom. The first kappa shape index (κ1) is 41.3. The van der Waals surface area contributed by atoms with Gasteiger partial charge < -0.3 is 10.2 Å². The fraction of sp³-hybridized carbons (Fsp3) is 0.463. The Balaban J connectivity index is 0.000000187. The van der Waals surface area contributed by atoms with E-state index in [1.165, 1.54) is 16.0 Å². The molecule has 6 heterocycles. The Bertz CT molecular complexity index is 2170. The van der Waals surface area contributed by atoms with Gasteiger partial charge in [0.15, 0.2) is 5.82 Å². The molecule has 2 saturated heterocycles. The number of anilines is 1. The number of carbonyl (C=O) groups excluding carboxylic acids is 2. The van der Waals surface area contributed by atoms with E-state index in [0.29, 0.717) is 41.4 Å². The lowest BCUT2D eigenvalue weighted by Crippen LogP contribution is -2.50. The Morgan fingerprint density at radius 2 is 1.61 bits per heavy atom. The minimum absolute atomic E-state index is 0.0135. The summed E-state index contributed by atoms with van der Waals surface area (Å²) in [5.41, 5.74) is 5.38. The van der Waals surface area contributed by atoms with Crippen LogP contribution in [0.25, 0.3) is 5.00 Å². The maximum Gasteiger partial charge on any atom is 0.239 e. The maximum atomic E-state index is 12.7. The number of carbonyl (C=O) groups is 2. The molecule has 4 aliphatic heterocycles. The minimum Gasteiger partial charge on any atom is -0.340 e. The van der Waals surface area contributed by atoms with Crippen molar-refractivity contribution in [3.63, 3.8) is 0 Å². The number of likely N-dealkylation sites (tertiary alicyclic amines) is 1. The first-order valence-electron chi connectivity index (χ1n) is 19.5. The van der Waals surface area contributed by atoms with Crippen LogP contribution in [-0.2, 0) is 16.1 Å². The van der Waals surface area contributed by atoms with E-state index in [1.54, 1.807) is 30.4 Å². The zero-order chi connectivity index (χ0) is 40.4. The number of halogens is 3. The summed E-state index contributed by atoms with van der Waals surface area (Å²) in [7, 11) is 0. The summed E-state index contributed by atoms with van der Waals surface area (Å²) in [4.78, 5) is 37.0. The Labute approximate surface area is 353 Å². The van der Waals surface area contributed by atoms with E-state index in [9.17, 15) is 9.59 Å². The van der Waals surface area contributed by atoms with Crippen molar-refractivity contribution in [3.05, 3.63) is 90.7 Å². The van der Waals surface area contributed by atoms with Crippen LogP contribution in [0.15, 0.2) is 52.6 Å². The quantitative estimate of drug-likeness (QED) is 0.222. The number of benzene rings is 2. The lowest BCUT2D eigenvalue weighted by molar-refractivity contribution is -0.130. The second kappa shape index (κ2) is 18.0. The standard InChI is InChI=1S/C24H34Cl2N6O2.C17H15ClN4S/c1-17-14-32(20-3-4-21(25)22(26)13-20)28-24(17)27-23(34)16-29-7-5-19(6-8-29)15-30-9-11-31(12-10-30)18(2)33;1-9-10(2)23-17-15(9)16(12-4-6-13(18)7-5-12)19-8-14-21-20-11(3)22(14)17/h3-4,13,17,19H,5-12,14-16H2,1-2H3,(H,27,28,34);4-7H,8H2,1-3H3. The molecule has 1 unspecified atom stereocenters. The van der Waals surface area contributed by atoms with Gasteiger partial charge in [0.05, 0.1) is 34.5 Å². The molecule has 4 aromatic rings. The van der Waals surface area contributed by atoms with Crippen LogP contribution in [0.5, 0.6) is 0 Å². The molecule has 0 saturated carbocycles. The monoisotopic (exact) mass is 850 g/mol. The number of piperidine rings is 1. The molecule has 0 spiro atoms. The summed E-state index contributed by atoms with van der Waals surface area (Å²) < 4.78 is 2.13. The summed E-state index contributed by atoms with van der Waals surface area (Å²) in [5.74, 6) is 3.40. The minimum atomic E-state index is -0.0135. The highest BCUT2D eigenvalue weighted by Crippen LogP contribution is 2.36. The average Bonchev–Trinajstić information content (AvgIpc) is 3.80. The van der Waals surface area contributed by atoms with Gasteiger partial charge in [0.1, 0.15) is 23.2 Å². The number of hydrogen-bond donors (Lipinski definition) is 1. The van der Waals surface area contributed by atoms with Gasteiger partial charge in [-0.25, -0.2) is 0 Å². The molecule has 57 heavy (non-hydrogen) atoms. The number of aromatic nitrogens is 3. The number of thiophene rings is 1. The number of amidine groups is 1. The Kier molecular flexibility index (Phi) is 13.0. The van der Waals surface area contributed by atoms with Crippen molar-refractivity contribution in [1.82, 2.24) is 34.8 Å². The predicted octanol–water partition coefficient (Wildman–Crippen LogP) is 7.01. The van der Waals surface area contributed by atoms with Gasteiger partial charge in [0.2, 0.25) is 11.8 Å². The van der Waals surface area contributed by atoms with Gasteiger partial charge in [-0.15, -0.1) is 21.5 Å². The number of aliphatic imine (C=N–C) groups is 1. The largest absolute Gasteiger partial charge is 0.340 e. The number of fused-ring (bicyclic) bond motifs is 3. The summed E-state index contributed by atoms with van der Waals surface area (Å²) in [5, 5.41) is 20.9. The van der Waals surface area contributed by atoms with Crippen molar-refractivity contribution >= 4 is 75.2 Å². The number of rotatable bonds is 6. The fourth-order valence-electron chi connectivity index (χ4n) is 7.79. The van der Waals surface area contributed by atoms with Crippen LogP contribution in [0, 0.1) is 32.6 Å². The molecular formula is C41H49Cl3N10O2S. The van der Waals surface area contributed by atoms with E-state index in [2.05, 4.69) is 55.8 Å². The molecule has 302 valence electrons. The summed E-state index contributed by atoms with van der Waals surface area (Å²) in [6, 6.07) is 13.3. The molecule has 16 heteroatoms. The van der Waals surface area contributed by atoms with Crippen LogP contribution in [0.1, 0.15) is 59.9 Å². The van der Waals surface area contributed by atoms with Gasteiger partial charge in [-0.2, -0.15) is 5.10 Å². The molecule has 12 nitrogen and oxygen atoms in total. The summed E-state index contributed by atoms with van der Waals surface area (Å²) >= 11 is 20.0. The van der Waals surface area contributed by atoms with Crippen LogP contribution < -0.4 is 10.3 Å². The number of nitrogens with zero attached hydrogens (tertiary/aromatic N) is 9. The van der Waals surface area contributed by atoms with Crippen molar-refractivity contribution in [2.45, 2.75) is 54.0 Å². The number of nitrogens with one attached hydrogen (secondary N) is 1. The third kappa shape index (κ3) is 9.56. The van der Waals surface area contributed by atoms with E-state index in [1.807, 2.05) is 47.2 Å². The van der Waals surface area contributed by atoms with Gasteiger partial charge in [-0.1, -0.05) is 53.9 Å². The maximum absolute atomic E-state index is 12.7. The third-order valence-corrected chi connectivity index (χ3v) is 13.4. The number of hydrogen-bond acceptors (Lipinski definition) is 10. The smallest absolute Gasteiger partial charge is 0.239 e.